The van der Waals surface area contributed by atoms with Gasteiger partial charge in [0.05, 0.1) is 24.2 Å². The predicted molar refractivity (Wildman–Crippen MR) is 164 cm³/mol. The van der Waals surface area contributed by atoms with Crippen LogP contribution < -0.4 is 10.1 Å². The van der Waals surface area contributed by atoms with Crippen LogP contribution in [0.1, 0.15) is 24.0 Å². The largest absolute Gasteiger partial charge is 0.484 e. The molecule has 1 N–H and O–H groups in total. The molecule has 0 saturated carbocycles. The quantitative estimate of drug-likeness (QED) is 0.306. The topological polar surface area (TPSA) is 114 Å². The Labute approximate surface area is 263 Å². The fourth-order valence-corrected chi connectivity index (χ4v) is 6.76. The first-order valence-electron chi connectivity index (χ1n) is 15.1. The Morgan fingerprint density at radius 2 is 1.67 bits per heavy atom. The third-order valence-corrected chi connectivity index (χ3v) is 9.77. The summed E-state index contributed by atoms with van der Waals surface area (Å²) in [5.41, 5.74) is 1.51. The highest BCUT2D eigenvalue weighted by molar-refractivity contribution is 7.89. The van der Waals surface area contributed by atoms with Gasteiger partial charge in [0.2, 0.25) is 15.9 Å². The van der Waals surface area contributed by atoms with E-state index in [1.807, 2.05) is 30.3 Å². The summed E-state index contributed by atoms with van der Waals surface area (Å²) >= 11 is 0. The predicted octanol–water partition coefficient (Wildman–Crippen LogP) is 3.16. The lowest BCUT2D eigenvalue weighted by Crippen LogP contribution is -2.52. The summed E-state index contributed by atoms with van der Waals surface area (Å²) in [7, 11) is -3.68. The molecule has 2 fully saturated rings. The van der Waals surface area contributed by atoms with Gasteiger partial charge in [0.15, 0.2) is 6.61 Å². The molecule has 3 aromatic carbocycles. The minimum atomic E-state index is -3.68. The Kier molecular flexibility index (Phi) is 11.2. The minimum Gasteiger partial charge on any atom is -0.484 e. The highest BCUT2D eigenvalue weighted by atomic mass is 32.2. The van der Waals surface area contributed by atoms with Gasteiger partial charge in [-0.1, -0.05) is 42.5 Å². The number of halogens is 1. The van der Waals surface area contributed by atoms with Gasteiger partial charge in [-0.05, 0) is 60.4 Å². The normalized spacial score (nSPS) is 17.8. The third-order valence-electron chi connectivity index (χ3n) is 7.86. The Morgan fingerprint density at radius 1 is 0.956 bits per heavy atom. The summed E-state index contributed by atoms with van der Waals surface area (Å²) in [5.74, 6) is -0.900. The molecule has 2 aliphatic heterocycles. The van der Waals surface area contributed by atoms with Gasteiger partial charge in [0.1, 0.15) is 17.6 Å². The van der Waals surface area contributed by atoms with E-state index in [2.05, 4.69) is 5.32 Å². The Morgan fingerprint density at radius 3 is 2.33 bits per heavy atom. The molecule has 2 atom stereocenters. The fourth-order valence-electron chi connectivity index (χ4n) is 5.35. The lowest BCUT2D eigenvalue weighted by Gasteiger charge is -2.31. The van der Waals surface area contributed by atoms with E-state index in [1.54, 1.807) is 12.1 Å². The van der Waals surface area contributed by atoms with Gasteiger partial charge < -0.3 is 24.4 Å². The van der Waals surface area contributed by atoms with Crippen molar-refractivity contribution < 1.29 is 36.6 Å². The highest BCUT2D eigenvalue weighted by Crippen LogP contribution is 2.22. The third kappa shape index (κ3) is 8.88. The number of amides is 2. The van der Waals surface area contributed by atoms with Crippen LogP contribution >= 0.6 is 0 Å². The number of rotatable bonds is 13. The number of benzene rings is 3. The molecule has 0 unspecified atom stereocenters. The van der Waals surface area contributed by atoms with Crippen LogP contribution in [-0.2, 0) is 42.1 Å². The van der Waals surface area contributed by atoms with Crippen LogP contribution in [0.4, 0.5) is 4.39 Å². The molecule has 12 heteroatoms. The second-order valence-electron chi connectivity index (χ2n) is 11.0. The molecule has 0 bridgehead atoms. The molecule has 2 aliphatic rings. The van der Waals surface area contributed by atoms with Crippen LogP contribution in [0, 0.1) is 5.82 Å². The average Bonchev–Trinajstić information content (AvgIpc) is 3.60. The Hall–Kier alpha value is -3.84. The van der Waals surface area contributed by atoms with Crippen LogP contribution in [0.5, 0.6) is 5.75 Å². The van der Waals surface area contributed by atoms with Crippen LogP contribution in [-0.4, -0.2) is 87.6 Å². The summed E-state index contributed by atoms with van der Waals surface area (Å²) < 4.78 is 57.8. The number of nitrogens with zero attached hydrogens (tertiary/aromatic N) is 2. The number of hydrogen-bond donors (Lipinski definition) is 1. The summed E-state index contributed by atoms with van der Waals surface area (Å²) in [4.78, 5) is 29.1. The molecular formula is C33H38FN3O7S. The Balaban J connectivity index is 1.33. The SMILES string of the molecule is O=C(NC[C@H]1CCCO1)[C@H](Cc1ccccc1)N(Cc1ccc(F)cc1)C(=O)COc1ccc(S(=O)(=O)N2CCOCC2)cc1. The number of ether oxygens (including phenoxy) is 3. The molecule has 3 aromatic rings. The molecule has 2 amide bonds. The second kappa shape index (κ2) is 15.4. The van der Waals surface area contributed by atoms with Crippen LogP contribution in [0.2, 0.25) is 0 Å². The number of carbonyl (C=O) groups excluding carboxylic acids is 2. The van der Waals surface area contributed by atoms with Gasteiger partial charge in [-0.3, -0.25) is 9.59 Å². The maximum Gasteiger partial charge on any atom is 0.261 e. The molecule has 45 heavy (non-hydrogen) atoms. The van der Waals surface area contributed by atoms with Gasteiger partial charge in [-0.15, -0.1) is 0 Å². The van der Waals surface area contributed by atoms with E-state index >= 15 is 0 Å². The van der Waals surface area contributed by atoms with E-state index in [9.17, 15) is 22.4 Å². The monoisotopic (exact) mass is 639 g/mol. The summed E-state index contributed by atoms with van der Waals surface area (Å²) in [6.07, 6.45) is 1.95. The number of carbonyl (C=O) groups is 2. The number of nitrogens with one attached hydrogen (secondary N) is 1. The van der Waals surface area contributed by atoms with Crippen molar-refractivity contribution in [1.82, 2.24) is 14.5 Å². The van der Waals surface area contributed by atoms with Crippen molar-refractivity contribution in [2.45, 2.75) is 42.8 Å². The zero-order chi connectivity index (χ0) is 31.6. The van der Waals surface area contributed by atoms with Gasteiger partial charge in [-0.25, -0.2) is 12.8 Å². The van der Waals surface area contributed by atoms with Crippen LogP contribution in [0.15, 0.2) is 83.8 Å². The van der Waals surface area contributed by atoms with E-state index in [0.717, 1.165) is 18.4 Å². The molecule has 5 rings (SSSR count). The molecule has 2 saturated heterocycles. The van der Waals surface area contributed by atoms with Gasteiger partial charge >= 0.3 is 0 Å². The smallest absolute Gasteiger partial charge is 0.261 e. The molecule has 2 heterocycles. The maximum atomic E-state index is 13.8. The van der Waals surface area contributed by atoms with E-state index in [-0.39, 0.29) is 43.0 Å². The summed E-state index contributed by atoms with van der Waals surface area (Å²) in [6.45, 7) is 1.88. The van der Waals surface area contributed by atoms with Crippen molar-refractivity contribution in [2.75, 3.05) is 46.1 Å². The summed E-state index contributed by atoms with van der Waals surface area (Å²) in [5, 5.41) is 2.97. The molecule has 240 valence electrons. The van der Waals surface area contributed by atoms with Crippen LogP contribution in [0.3, 0.4) is 0 Å². The molecule has 0 aromatic heterocycles. The molecule has 0 spiro atoms. The highest BCUT2D eigenvalue weighted by Gasteiger charge is 2.32. The zero-order valence-corrected chi connectivity index (χ0v) is 25.8. The average molecular weight is 640 g/mol. The van der Waals surface area contributed by atoms with Crippen molar-refractivity contribution in [1.29, 1.82) is 0 Å². The standard InChI is InChI=1S/C33H38FN3O7S/c34-27-10-8-26(9-11-27)23-37(31(21-25-5-2-1-3-6-25)33(39)35-22-29-7-4-18-43-29)32(38)24-44-28-12-14-30(15-13-28)45(40,41)36-16-19-42-20-17-36/h1-3,5-6,8-15,29,31H,4,7,16-24H2,(H,35,39)/t29-,31+/m1/s1. The molecule has 10 nitrogen and oxygen atoms in total. The first-order chi connectivity index (χ1) is 21.8. The number of morpholine rings is 1. The first kappa shape index (κ1) is 32.6. The van der Waals surface area contributed by atoms with Gasteiger partial charge in [0, 0.05) is 39.2 Å². The van der Waals surface area contributed by atoms with E-state index in [4.69, 9.17) is 14.2 Å². The Bertz CT molecular complexity index is 1510. The lowest BCUT2D eigenvalue weighted by molar-refractivity contribution is -0.143. The minimum absolute atomic E-state index is 0.0457. The molecule has 0 radical (unpaired) electrons. The van der Waals surface area contributed by atoms with Crippen LogP contribution in [0.25, 0.3) is 0 Å². The molecular weight excluding hydrogens is 601 g/mol. The van der Waals surface area contributed by atoms with Crippen molar-refractivity contribution in [2.24, 2.45) is 0 Å². The molecule has 0 aliphatic carbocycles. The fraction of sp³-hybridized carbons (Fsp3) is 0.394. The van der Waals surface area contributed by atoms with Crippen molar-refractivity contribution in [3.8, 4) is 5.75 Å². The summed E-state index contributed by atoms with van der Waals surface area (Å²) in [6, 6.07) is 20.2. The van der Waals surface area contributed by atoms with E-state index < -0.39 is 34.4 Å². The van der Waals surface area contributed by atoms with Crippen molar-refractivity contribution >= 4 is 21.8 Å². The van der Waals surface area contributed by atoms with Crippen molar-refractivity contribution in [3.63, 3.8) is 0 Å². The lowest BCUT2D eigenvalue weighted by atomic mass is 10.0. The first-order valence-corrected chi connectivity index (χ1v) is 16.5. The van der Waals surface area contributed by atoms with Gasteiger partial charge in [0.25, 0.3) is 5.91 Å². The van der Waals surface area contributed by atoms with E-state index in [0.29, 0.717) is 37.7 Å². The zero-order valence-electron chi connectivity index (χ0n) is 25.0. The van der Waals surface area contributed by atoms with Gasteiger partial charge in [-0.2, -0.15) is 4.31 Å². The van der Waals surface area contributed by atoms with E-state index in [1.165, 1.54) is 45.6 Å². The van der Waals surface area contributed by atoms with Crippen molar-refractivity contribution in [3.05, 3.63) is 95.8 Å². The second-order valence-corrected chi connectivity index (χ2v) is 12.9. The number of hydrogen-bond acceptors (Lipinski definition) is 7. The maximum absolute atomic E-state index is 13.8. The number of sulfonamides is 1.